The van der Waals surface area contributed by atoms with Crippen LogP contribution in [0.25, 0.3) is 5.53 Å². The van der Waals surface area contributed by atoms with Gasteiger partial charge in [-0.05, 0) is 6.92 Å². The van der Waals surface area contributed by atoms with Gasteiger partial charge in [0, 0.05) is 5.56 Å². The minimum Gasteiger partial charge on any atom is -0.457 e. The van der Waals surface area contributed by atoms with Crippen LogP contribution in [0.1, 0.15) is 12.5 Å². The van der Waals surface area contributed by atoms with Crippen LogP contribution in [0.4, 0.5) is 8.78 Å². The van der Waals surface area contributed by atoms with Gasteiger partial charge in [-0.25, -0.2) is 13.6 Å². The van der Waals surface area contributed by atoms with Gasteiger partial charge in [0.15, 0.2) is 0 Å². The van der Waals surface area contributed by atoms with Crippen molar-refractivity contribution in [1.82, 2.24) is 0 Å². The Morgan fingerprint density at radius 3 is 2.47 bits per heavy atom. The molecule has 1 aromatic rings. The van der Waals surface area contributed by atoms with E-state index in [4.69, 9.17) is 5.53 Å². The van der Waals surface area contributed by atoms with Gasteiger partial charge in [0.1, 0.15) is 0 Å². The van der Waals surface area contributed by atoms with Crippen molar-refractivity contribution in [2.45, 2.75) is 19.0 Å². The summed E-state index contributed by atoms with van der Waals surface area (Å²) in [6.07, 6.45) is -3.37. The second-order valence-corrected chi connectivity index (χ2v) is 3.60. The molecule has 1 rings (SSSR count). The predicted molar refractivity (Wildman–Crippen MR) is 61.6 cm³/mol. The summed E-state index contributed by atoms with van der Waals surface area (Å²) in [6.45, 7) is 1.35. The molecule has 19 heavy (non-hydrogen) atoms. The van der Waals surface area contributed by atoms with E-state index in [0.29, 0.717) is 0 Å². The fourth-order valence-electron chi connectivity index (χ4n) is 1.53. The van der Waals surface area contributed by atoms with Gasteiger partial charge in [-0.2, -0.15) is 4.79 Å². The summed E-state index contributed by atoms with van der Waals surface area (Å²) >= 11 is 0. The van der Waals surface area contributed by atoms with E-state index in [1.807, 2.05) is 0 Å². The van der Waals surface area contributed by atoms with Gasteiger partial charge in [-0.1, -0.05) is 30.3 Å². The normalized spacial score (nSPS) is 13.5. The lowest BCUT2D eigenvalue weighted by atomic mass is 9.89. The maximum absolute atomic E-state index is 13.2. The highest BCUT2D eigenvalue weighted by Gasteiger charge is 2.55. The second-order valence-electron chi connectivity index (χ2n) is 3.60. The molecule has 1 N–H and O–H groups in total. The molecule has 0 saturated heterocycles. The number of ether oxygens (including phenoxy) is 1. The van der Waals surface area contributed by atoms with Crippen LogP contribution in [0.2, 0.25) is 0 Å². The monoisotopic (exact) mass is 270 g/mol. The molecule has 0 radical (unpaired) electrons. The molecule has 1 atom stereocenters. The van der Waals surface area contributed by atoms with Crippen molar-refractivity contribution in [2.75, 3.05) is 6.61 Å². The molecule has 0 amide bonds. The Labute approximate surface area is 108 Å². The van der Waals surface area contributed by atoms with E-state index in [-0.39, 0.29) is 12.2 Å². The summed E-state index contributed by atoms with van der Waals surface area (Å²) < 4.78 is 30.8. The zero-order valence-electron chi connectivity index (χ0n) is 10.1. The maximum atomic E-state index is 13.2. The molecule has 5 nitrogen and oxygen atoms in total. The molecular weight excluding hydrogens is 258 g/mol. The Bertz CT molecular complexity index is 501. The van der Waals surface area contributed by atoms with Crippen molar-refractivity contribution in [1.29, 1.82) is 0 Å². The van der Waals surface area contributed by atoms with Gasteiger partial charge < -0.3 is 15.4 Å². The summed E-state index contributed by atoms with van der Waals surface area (Å²) in [7, 11) is 0. The molecule has 0 aliphatic carbocycles. The van der Waals surface area contributed by atoms with Crippen LogP contribution in [-0.2, 0) is 15.1 Å². The Balaban J connectivity index is 3.35. The van der Waals surface area contributed by atoms with Crippen LogP contribution in [0.15, 0.2) is 30.3 Å². The van der Waals surface area contributed by atoms with E-state index in [0.717, 1.165) is 0 Å². The van der Waals surface area contributed by atoms with Gasteiger partial charge in [0.25, 0.3) is 12.0 Å². The average molecular weight is 270 g/mol. The van der Waals surface area contributed by atoms with Crippen LogP contribution >= 0.6 is 0 Å². The Hall–Kier alpha value is -2.11. The van der Waals surface area contributed by atoms with Gasteiger partial charge in [0.2, 0.25) is 0 Å². The summed E-state index contributed by atoms with van der Waals surface area (Å²) in [5.41, 5.74) is 4.31. The van der Waals surface area contributed by atoms with Crippen molar-refractivity contribution in [3.05, 3.63) is 41.4 Å². The molecule has 1 aromatic carbocycles. The number of aliphatic hydroxyl groups is 1. The standard InChI is InChI=1S/C12H12F2N2O3/c1-2-19-10(17)9(16-15)12(18,11(13)14)8-6-4-3-5-7-8/h3-7,11,18H,2H2,1H3. The number of esters is 1. The molecule has 7 heteroatoms. The quantitative estimate of drug-likeness (QED) is 0.379. The first-order valence-electron chi connectivity index (χ1n) is 5.44. The topological polar surface area (TPSA) is 82.9 Å². The first-order valence-corrected chi connectivity index (χ1v) is 5.44. The summed E-state index contributed by atoms with van der Waals surface area (Å²) in [5, 5.41) is 10.1. The summed E-state index contributed by atoms with van der Waals surface area (Å²) in [6, 6.07) is 6.74. The lowest BCUT2D eigenvalue weighted by Crippen LogP contribution is -2.47. The first kappa shape index (κ1) is 14.9. The Morgan fingerprint density at radius 1 is 1.47 bits per heavy atom. The van der Waals surface area contributed by atoms with E-state index in [2.05, 4.69) is 9.53 Å². The molecule has 102 valence electrons. The SMILES string of the molecule is CCOC(=O)C(=[N+]=[N-])C(O)(c1ccccc1)C(F)F. The van der Waals surface area contributed by atoms with E-state index >= 15 is 0 Å². The molecule has 0 fully saturated rings. The highest BCUT2D eigenvalue weighted by molar-refractivity contribution is 6.37. The van der Waals surface area contributed by atoms with E-state index < -0.39 is 23.7 Å². The van der Waals surface area contributed by atoms with Crippen molar-refractivity contribution >= 4 is 11.7 Å². The number of nitrogens with zero attached hydrogens (tertiary/aromatic N) is 2. The van der Waals surface area contributed by atoms with Crippen molar-refractivity contribution in [2.24, 2.45) is 0 Å². The van der Waals surface area contributed by atoms with E-state index in [9.17, 15) is 18.7 Å². The van der Waals surface area contributed by atoms with Crippen LogP contribution in [0, 0.1) is 0 Å². The molecule has 0 aliphatic heterocycles. The third kappa shape index (κ3) is 2.83. The average Bonchev–Trinajstić information content (AvgIpc) is 2.40. The molecule has 0 heterocycles. The lowest BCUT2D eigenvalue weighted by Gasteiger charge is -2.22. The number of alkyl halides is 2. The first-order chi connectivity index (χ1) is 8.98. The van der Waals surface area contributed by atoms with Gasteiger partial charge in [-0.3, -0.25) is 0 Å². The second kappa shape index (κ2) is 6.17. The summed E-state index contributed by atoms with van der Waals surface area (Å²) in [4.78, 5) is 14.0. The van der Waals surface area contributed by atoms with Crippen molar-refractivity contribution < 1.29 is 28.2 Å². The van der Waals surface area contributed by atoms with E-state index in [1.54, 1.807) is 6.07 Å². The fourth-order valence-corrected chi connectivity index (χ4v) is 1.53. The molecular formula is C12H12F2N2O3. The number of halogens is 2. The van der Waals surface area contributed by atoms with Crippen molar-refractivity contribution in [3.63, 3.8) is 0 Å². The summed E-state index contributed by atoms with van der Waals surface area (Å²) in [5.74, 6) is -1.31. The number of carbonyl (C=O) groups is 1. The number of hydrogen-bond acceptors (Lipinski definition) is 3. The molecule has 0 aromatic heterocycles. The third-order valence-corrected chi connectivity index (χ3v) is 2.46. The predicted octanol–water partition coefficient (Wildman–Crippen LogP) is 1.37. The molecule has 0 saturated carbocycles. The maximum Gasteiger partial charge on any atom is 0.420 e. The zero-order chi connectivity index (χ0) is 14.5. The largest absolute Gasteiger partial charge is 0.457 e. The Kier molecular flexibility index (Phi) is 4.86. The highest BCUT2D eigenvalue weighted by Crippen LogP contribution is 2.29. The number of rotatable bonds is 5. The lowest BCUT2D eigenvalue weighted by molar-refractivity contribution is -0.149. The number of benzene rings is 1. The van der Waals surface area contributed by atoms with Crippen LogP contribution in [0.3, 0.4) is 0 Å². The molecule has 0 bridgehead atoms. The van der Waals surface area contributed by atoms with Crippen LogP contribution < -0.4 is 0 Å². The smallest absolute Gasteiger partial charge is 0.420 e. The van der Waals surface area contributed by atoms with Gasteiger partial charge in [0.05, 0.1) is 6.61 Å². The van der Waals surface area contributed by atoms with Crippen LogP contribution in [-0.4, -0.2) is 34.6 Å². The highest BCUT2D eigenvalue weighted by atomic mass is 19.3. The number of hydrogen-bond donors (Lipinski definition) is 1. The van der Waals surface area contributed by atoms with Gasteiger partial charge >= 0.3 is 11.7 Å². The third-order valence-electron chi connectivity index (χ3n) is 2.46. The minimum atomic E-state index is -3.37. The zero-order valence-corrected chi connectivity index (χ0v) is 10.1. The molecule has 0 aliphatic rings. The fraction of sp³-hybridized carbons (Fsp3) is 0.333. The van der Waals surface area contributed by atoms with Crippen LogP contribution in [0.5, 0.6) is 0 Å². The molecule has 1 unspecified atom stereocenters. The minimum absolute atomic E-state index is 0.105. The molecule has 0 spiro atoms. The van der Waals surface area contributed by atoms with E-state index in [1.165, 1.54) is 31.2 Å². The number of carbonyl (C=O) groups excluding carboxylic acids is 1. The Morgan fingerprint density at radius 2 is 2.05 bits per heavy atom. The van der Waals surface area contributed by atoms with Gasteiger partial charge in [-0.15, -0.1) is 0 Å². The van der Waals surface area contributed by atoms with Crippen molar-refractivity contribution in [3.8, 4) is 0 Å².